The van der Waals surface area contributed by atoms with Gasteiger partial charge in [-0.15, -0.1) is 0 Å². The minimum atomic E-state index is 0.549. The molecule has 0 saturated carbocycles. The Labute approximate surface area is 113 Å². The fourth-order valence-corrected chi connectivity index (χ4v) is 2.83. The van der Waals surface area contributed by atoms with E-state index in [4.69, 9.17) is 0 Å². The summed E-state index contributed by atoms with van der Waals surface area (Å²) in [5.41, 5.74) is 0. The zero-order valence-electron chi connectivity index (χ0n) is 11.5. The first-order valence-electron chi connectivity index (χ1n) is 6.69. The van der Waals surface area contributed by atoms with Crippen molar-refractivity contribution in [1.82, 2.24) is 19.2 Å². The molecule has 2 heterocycles. The zero-order valence-corrected chi connectivity index (χ0v) is 12.3. The second kappa shape index (κ2) is 6.45. The Bertz CT molecular complexity index is 359. The first-order valence-corrected chi connectivity index (χ1v) is 7.47. The van der Waals surface area contributed by atoms with Gasteiger partial charge in [-0.25, -0.2) is 4.98 Å². The molecular weight excluding hydrogens is 246 g/mol. The van der Waals surface area contributed by atoms with Crippen LogP contribution >= 0.6 is 11.5 Å². The minimum Gasteiger partial charge on any atom is -0.359 e. The van der Waals surface area contributed by atoms with E-state index in [1.807, 2.05) is 6.92 Å². The van der Waals surface area contributed by atoms with Crippen LogP contribution in [0.15, 0.2) is 0 Å². The number of aromatic nitrogens is 2. The summed E-state index contributed by atoms with van der Waals surface area (Å²) in [4.78, 5) is 9.38. The number of hydrogen-bond donors (Lipinski definition) is 1. The fourth-order valence-electron chi connectivity index (χ4n) is 2.25. The van der Waals surface area contributed by atoms with Crippen LogP contribution < -0.4 is 5.32 Å². The van der Waals surface area contributed by atoms with Crippen LogP contribution in [0.3, 0.4) is 0 Å². The van der Waals surface area contributed by atoms with Gasteiger partial charge in [0.1, 0.15) is 5.82 Å². The first-order chi connectivity index (χ1) is 8.69. The molecule has 0 aliphatic carbocycles. The highest BCUT2D eigenvalue weighted by molar-refractivity contribution is 7.09. The molecule has 2 rings (SSSR count). The lowest BCUT2D eigenvalue weighted by molar-refractivity contribution is 0.110. The van der Waals surface area contributed by atoms with Crippen LogP contribution in [0.5, 0.6) is 0 Å². The average molecular weight is 269 g/mol. The van der Waals surface area contributed by atoms with Crippen LogP contribution in [0.2, 0.25) is 0 Å². The normalized spacial score (nSPS) is 19.9. The summed E-state index contributed by atoms with van der Waals surface area (Å²) >= 11 is 1.44. The van der Waals surface area contributed by atoms with Gasteiger partial charge < -0.3 is 10.2 Å². The van der Waals surface area contributed by atoms with E-state index in [9.17, 15) is 0 Å². The maximum Gasteiger partial charge on any atom is 0.202 e. The molecule has 0 aromatic carbocycles. The van der Waals surface area contributed by atoms with Gasteiger partial charge in [0.2, 0.25) is 5.13 Å². The summed E-state index contributed by atoms with van der Waals surface area (Å²) in [7, 11) is 0. The molecule has 0 radical (unpaired) electrons. The molecule has 6 heteroatoms. The molecule has 102 valence electrons. The van der Waals surface area contributed by atoms with Crippen molar-refractivity contribution in [3.05, 3.63) is 5.82 Å². The third-order valence-corrected chi connectivity index (χ3v) is 4.32. The topological polar surface area (TPSA) is 44.3 Å². The highest BCUT2D eigenvalue weighted by Crippen LogP contribution is 2.11. The second-order valence-electron chi connectivity index (χ2n) is 4.85. The average Bonchev–Trinajstić information content (AvgIpc) is 2.82. The van der Waals surface area contributed by atoms with E-state index >= 15 is 0 Å². The third-order valence-electron chi connectivity index (χ3n) is 3.55. The molecule has 1 saturated heterocycles. The summed E-state index contributed by atoms with van der Waals surface area (Å²) in [6.07, 6.45) is 0. The molecule has 0 spiro atoms. The van der Waals surface area contributed by atoms with Gasteiger partial charge in [0, 0.05) is 50.3 Å². The summed E-state index contributed by atoms with van der Waals surface area (Å²) in [6, 6.07) is 0.549. The van der Waals surface area contributed by atoms with Gasteiger partial charge in [0.05, 0.1) is 0 Å². The lowest BCUT2D eigenvalue weighted by atomic mass is 10.2. The number of likely N-dealkylation sites (N-methyl/N-ethyl adjacent to an activating group) is 1. The maximum atomic E-state index is 4.32. The third kappa shape index (κ3) is 3.63. The Morgan fingerprint density at radius 2 is 2.06 bits per heavy atom. The summed E-state index contributed by atoms with van der Waals surface area (Å²) < 4.78 is 4.18. The Morgan fingerprint density at radius 1 is 1.33 bits per heavy atom. The molecule has 1 aliphatic heterocycles. The van der Waals surface area contributed by atoms with Gasteiger partial charge >= 0.3 is 0 Å². The van der Waals surface area contributed by atoms with E-state index in [1.54, 1.807) is 0 Å². The van der Waals surface area contributed by atoms with Gasteiger partial charge in [-0.1, -0.05) is 6.92 Å². The van der Waals surface area contributed by atoms with E-state index in [0.717, 1.165) is 17.5 Å². The van der Waals surface area contributed by atoms with Crippen LogP contribution in [0.4, 0.5) is 5.13 Å². The lowest BCUT2D eigenvalue weighted by Crippen LogP contribution is -2.50. The van der Waals surface area contributed by atoms with Crippen molar-refractivity contribution >= 4 is 16.7 Å². The van der Waals surface area contributed by atoms with Crippen LogP contribution in [0.25, 0.3) is 0 Å². The highest BCUT2D eigenvalue weighted by atomic mass is 32.1. The van der Waals surface area contributed by atoms with E-state index in [2.05, 4.69) is 38.3 Å². The number of nitrogens with zero attached hydrogens (tertiary/aromatic N) is 4. The minimum absolute atomic E-state index is 0.549. The second-order valence-corrected chi connectivity index (χ2v) is 5.60. The SMILES string of the molecule is CCN1CCN([C@@H](C)CNc2nc(C)ns2)CC1. The molecule has 5 nitrogen and oxygen atoms in total. The fraction of sp³-hybridized carbons (Fsp3) is 0.833. The van der Waals surface area contributed by atoms with Crippen LogP contribution in [0.1, 0.15) is 19.7 Å². The van der Waals surface area contributed by atoms with E-state index in [1.165, 1.54) is 44.3 Å². The number of anilines is 1. The standard InChI is InChI=1S/C12H23N5S/c1-4-16-5-7-17(8-6-16)10(2)9-13-12-14-11(3)15-18-12/h10H,4-9H2,1-3H3,(H,13,14,15)/t10-/m0/s1. The van der Waals surface area contributed by atoms with Gasteiger partial charge in [0.15, 0.2) is 0 Å². The molecule has 1 N–H and O–H groups in total. The largest absolute Gasteiger partial charge is 0.359 e. The Kier molecular flexibility index (Phi) is 4.91. The molecular formula is C12H23N5S. The Morgan fingerprint density at radius 3 is 2.61 bits per heavy atom. The molecule has 0 unspecified atom stereocenters. The van der Waals surface area contributed by atoms with Crippen molar-refractivity contribution in [1.29, 1.82) is 0 Å². The summed E-state index contributed by atoms with van der Waals surface area (Å²) in [6.45, 7) is 13.3. The van der Waals surface area contributed by atoms with Crippen molar-refractivity contribution < 1.29 is 0 Å². The molecule has 0 amide bonds. The van der Waals surface area contributed by atoms with Crippen molar-refractivity contribution in [2.45, 2.75) is 26.8 Å². The van der Waals surface area contributed by atoms with Crippen molar-refractivity contribution in [2.24, 2.45) is 0 Å². The monoisotopic (exact) mass is 269 g/mol. The predicted molar refractivity (Wildman–Crippen MR) is 76.3 cm³/mol. The smallest absolute Gasteiger partial charge is 0.202 e. The maximum absolute atomic E-state index is 4.32. The van der Waals surface area contributed by atoms with Gasteiger partial charge in [-0.3, -0.25) is 4.90 Å². The van der Waals surface area contributed by atoms with Crippen LogP contribution in [-0.2, 0) is 0 Å². The van der Waals surface area contributed by atoms with Gasteiger partial charge in [0.25, 0.3) is 0 Å². The molecule has 1 aromatic heterocycles. The van der Waals surface area contributed by atoms with Crippen molar-refractivity contribution in [2.75, 3.05) is 44.6 Å². The van der Waals surface area contributed by atoms with Gasteiger partial charge in [-0.2, -0.15) is 4.37 Å². The number of nitrogens with one attached hydrogen (secondary N) is 1. The number of aryl methyl sites for hydroxylation is 1. The molecule has 1 fully saturated rings. The highest BCUT2D eigenvalue weighted by Gasteiger charge is 2.20. The molecule has 0 bridgehead atoms. The quantitative estimate of drug-likeness (QED) is 0.872. The molecule has 1 atom stereocenters. The van der Waals surface area contributed by atoms with E-state index < -0.39 is 0 Å². The zero-order chi connectivity index (χ0) is 13.0. The Balaban J connectivity index is 1.73. The number of piperazine rings is 1. The molecule has 1 aromatic rings. The van der Waals surface area contributed by atoms with Crippen LogP contribution in [0, 0.1) is 6.92 Å². The summed E-state index contributed by atoms with van der Waals surface area (Å²) in [5.74, 6) is 0.853. The number of hydrogen-bond acceptors (Lipinski definition) is 6. The van der Waals surface area contributed by atoms with Crippen molar-refractivity contribution in [3.63, 3.8) is 0 Å². The Hall–Kier alpha value is -0.720. The number of rotatable bonds is 5. The predicted octanol–water partition coefficient (Wildman–Crippen LogP) is 1.28. The van der Waals surface area contributed by atoms with Crippen molar-refractivity contribution in [3.8, 4) is 0 Å². The van der Waals surface area contributed by atoms with Gasteiger partial charge in [-0.05, 0) is 20.4 Å². The molecule has 18 heavy (non-hydrogen) atoms. The van der Waals surface area contributed by atoms with E-state index in [-0.39, 0.29) is 0 Å². The summed E-state index contributed by atoms with van der Waals surface area (Å²) in [5, 5.41) is 4.31. The van der Waals surface area contributed by atoms with Crippen LogP contribution in [-0.4, -0.2) is 64.5 Å². The lowest BCUT2D eigenvalue weighted by Gasteiger charge is -2.37. The first kappa shape index (κ1) is 13.7. The molecule has 1 aliphatic rings. The van der Waals surface area contributed by atoms with E-state index in [0.29, 0.717) is 6.04 Å².